The van der Waals surface area contributed by atoms with Gasteiger partial charge >= 0.3 is 0 Å². The Morgan fingerprint density at radius 3 is 2.92 bits per heavy atom. The van der Waals surface area contributed by atoms with Crippen LogP contribution >= 0.6 is 15.9 Å². The molecule has 0 bridgehead atoms. The van der Waals surface area contributed by atoms with Crippen molar-refractivity contribution < 1.29 is 4.57 Å². The molecule has 0 aromatic carbocycles. The second kappa shape index (κ2) is 4.97. The number of hydrogen-bond acceptors (Lipinski definition) is 0. The average Bonchev–Trinajstić information content (AvgIpc) is 2.15. The number of nitrogens with zero attached hydrogens (tertiary/aromatic N) is 1. The van der Waals surface area contributed by atoms with Crippen molar-refractivity contribution >= 4 is 22.0 Å². The molecule has 1 nitrogen and oxygen atoms in total. The first-order valence-corrected chi connectivity index (χ1v) is 4.97. The van der Waals surface area contributed by atoms with Crippen LogP contribution in [0, 0.1) is 0 Å². The van der Waals surface area contributed by atoms with Gasteiger partial charge in [0.05, 0.1) is 0 Å². The minimum absolute atomic E-state index is 0.937. The fraction of sp³-hybridized carbons (Fsp3) is 0.182. The molecule has 68 valence electrons. The highest BCUT2D eigenvalue weighted by Gasteiger charge is 2.04. The van der Waals surface area contributed by atoms with E-state index in [2.05, 4.69) is 33.7 Å². The molecule has 0 aliphatic heterocycles. The van der Waals surface area contributed by atoms with Crippen molar-refractivity contribution in [3.8, 4) is 0 Å². The van der Waals surface area contributed by atoms with Gasteiger partial charge in [-0.15, -0.1) is 0 Å². The van der Waals surface area contributed by atoms with Gasteiger partial charge in [-0.3, -0.25) is 0 Å². The van der Waals surface area contributed by atoms with E-state index in [4.69, 9.17) is 0 Å². The van der Waals surface area contributed by atoms with Crippen molar-refractivity contribution in [1.29, 1.82) is 0 Å². The molecule has 13 heavy (non-hydrogen) atoms. The molecular weight excluding hydrogens is 226 g/mol. The van der Waals surface area contributed by atoms with Crippen LogP contribution in [0.5, 0.6) is 0 Å². The van der Waals surface area contributed by atoms with E-state index in [1.165, 1.54) is 0 Å². The Balaban J connectivity index is 2.75. The van der Waals surface area contributed by atoms with Gasteiger partial charge in [-0.2, -0.15) is 4.57 Å². The van der Waals surface area contributed by atoms with E-state index in [1.807, 2.05) is 30.5 Å². The van der Waals surface area contributed by atoms with Crippen LogP contribution in [-0.2, 0) is 6.54 Å². The molecule has 1 rings (SSSR count). The molecule has 0 amide bonds. The van der Waals surface area contributed by atoms with Gasteiger partial charge in [0.25, 0.3) is 0 Å². The van der Waals surface area contributed by atoms with E-state index in [9.17, 15) is 0 Å². The van der Waals surface area contributed by atoms with E-state index in [0.29, 0.717) is 0 Å². The maximum absolute atomic E-state index is 3.80. The van der Waals surface area contributed by atoms with Crippen LogP contribution in [0.3, 0.4) is 0 Å². The van der Waals surface area contributed by atoms with Gasteiger partial charge in [0.15, 0.2) is 12.7 Å². The quantitative estimate of drug-likeness (QED) is 0.711. The Morgan fingerprint density at radius 2 is 2.31 bits per heavy atom. The Kier molecular flexibility index (Phi) is 3.90. The van der Waals surface area contributed by atoms with Crippen LogP contribution in [0.15, 0.2) is 42.0 Å². The lowest BCUT2D eigenvalue weighted by Crippen LogP contribution is -2.36. The molecule has 0 atom stereocenters. The van der Waals surface area contributed by atoms with Gasteiger partial charge < -0.3 is 0 Å². The first kappa shape index (κ1) is 10.2. The lowest BCUT2D eigenvalue weighted by atomic mass is 10.3. The second-order valence-electron chi connectivity index (χ2n) is 2.79. The Bertz CT molecular complexity index is 318. The zero-order valence-corrected chi connectivity index (χ0v) is 9.13. The molecule has 0 saturated heterocycles. The smallest absolute Gasteiger partial charge is 0.198 e. The summed E-state index contributed by atoms with van der Waals surface area (Å²) in [7, 11) is 0. The number of aromatic nitrogens is 1. The Labute approximate surface area is 87.5 Å². The van der Waals surface area contributed by atoms with Crippen molar-refractivity contribution in [2.75, 3.05) is 0 Å². The maximum Gasteiger partial charge on any atom is 0.204 e. The van der Waals surface area contributed by atoms with Crippen LogP contribution < -0.4 is 4.57 Å². The van der Waals surface area contributed by atoms with Crippen LogP contribution in [0.1, 0.15) is 12.1 Å². The largest absolute Gasteiger partial charge is 0.204 e. The van der Waals surface area contributed by atoms with E-state index < -0.39 is 0 Å². The highest BCUT2D eigenvalue weighted by Crippen LogP contribution is 2.06. The standard InChI is InChI=1S/C11H13BrN/c1-3-11-6-4-5-8-13(11)9-7-10(2)12/h3-6,8H,1-2,7,9H2/q+1. The molecule has 0 aliphatic carbocycles. The summed E-state index contributed by atoms with van der Waals surface area (Å²) in [5.74, 6) is 0. The van der Waals surface area contributed by atoms with Gasteiger partial charge in [-0.05, 0) is 10.5 Å². The topological polar surface area (TPSA) is 3.88 Å². The van der Waals surface area contributed by atoms with Crippen LogP contribution in [0.2, 0.25) is 0 Å². The highest BCUT2D eigenvalue weighted by molar-refractivity contribution is 9.11. The molecule has 1 heterocycles. The van der Waals surface area contributed by atoms with Crippen LogP contribution in [0.25, 0.3) is 6.08 Å². The lowest BCUT2D eigenvalue weighted by Gasteiger charge is -1.98. The number of pyridine rings is 1. The van der Waals surface area contributed by atoms with E-state index in [-0.39, 0.29) is 0 Å². The van der Waals surface area contributed by atoms with Crippen molar-refractivity contribution in [2.45, 2.75) is 13.0 Å². The van der Waals surface area contributed by atoms with Gasteiger partial charge in [0, 0.05) is 24.6 Å². The molecule has 0 fully saturated rings. The van der Waals surface area contributed by atoms with Gasteiger partial charge in [0.1, 0.15) is 0 Å². The fourth-order valence-electron chi connectivity index (χ4n) is 1.12. The predicted octanol–water partition coefficient (Wildman–Crippen LogP) is 2.92. The number of halogens is 1. The maximum atomic E-state index is 3.80. The van der Waals surface area contributed by atoms with Gasteiger partial charge in [-0.25, -0.2) is 0 Å². The van der Waals surface area contributed by atoms with Crippen molar-refractivity contribution in [1.82, 2.24) is 0 Å². The summed E-state index contributed by atoms with van der Waals surface area (Å²) in [4.78, 5) is 0. The zero-order valence-electron chi connectivity index (χ0n) is 7.54. The molecule has 0 spiro atoms. The van der Waals surface area contributed by atoms with Crippen LogP contribution in [0.4, 0.5) is 0 Å². The third-order valence-corrected chi connectivity index (χ3v) is 2.21. The summed E-state index contributed by atoms with van der Waals surface area (Å²) < 4.78 is 3.18. The fourth-order valence-corrected chi connectivity index (χ4v) is 1.30. The normalized spacial score (nSPS) is 9.62. The molecule has 1 aromatic rings. The van der Waals surface area contributed by atoms with E-state index >= 15 is 0 Å². The van der Waals surface area contributed by atoms with Crippen LogP contribution in [-0.4, -0.2) is 0 Å². The Hall–Kier alpha value is -0.890. The Morgan fingerprint density at radius 1 is 1.54 bits per heavy atom. The molecule has 0 N–H and O–H groups in total. The SMILES string of the molecule is C=Cc1cccc[n+]1CCC(=C)Br. The average molecular weight is 239 g/mol. The minimum atomic E-state index is 0.937. The molecule has 2 heteroatoms. The third-order valence-electron chi connectivity index (χ3n) is 1.81. The van der Waals surface area contributed by atoms with Crippen molar-refractivity contribution in [2.24, 2.45) is 0 Å². The molecule has 0 radical (unpaired) electrons. The number of hydrogen-bond donors (Lipinski definition) is 0. The van der Waals surface area contributed by atoms with Crippen molar-refractivity contribution in [3.63, 3.8) is 0 Å². The van der Waals surface area contributed by atoms with Crippen molar-refractivity contribution in [3.05, 3.63) is 47.7 Å². The first-order valence-electron chi connectivity index (χ1n) is 4.18. The number of allylic oxidation sites excluding steroid dienone is 1. The molecule has 0 saturated carbocycles. The molecular formula is C11H13BrN+. The zero-order chi connectivity index (χ0) is 9.68. The predicted molar refractivity (Wildman–Crippen MR) is 59.4 cm³/mol. The summed E-state index contributed by atoms with van der Waals surface area (Å²) in [6.45, 7) is 8.50. The summed E-state index contributed by atoms with van der Waals surface area (Å²) in [6.07, 6.45) is 4.85. The first-order chi connectivity index (χ1) is 6.24. The van der Waals surface area contributed by atoms with E-state index in [0.717, 1.165) is 23.1 Å². The van der Waals surface area contributed by atoms with Gasteiger partial charge in [-0.1, -0.05) is 29.1 Å². The number of rotatable bonds is 4. The monoisotopic (exact) mass is 238 g/mol. The molecule has 0 aliphatic rings. The summed E-state index contributed by atoms with van der Waals surface area (Å²) in [5.41, 5.74) is 1.14. The minimum Gasteiger partial charge on any atom is -0.198 e. The summed E-state index contributed by atoms with van der Waals surface area (Å²) >= 11 is 3.34. The highest BCUT2D eigenvalue weighted by atomic mass is 79.9. The third kappa shape index (κ3) is 3.15. The summed E-state index contributed by atoms with van der Waals surface area (Å²) in [6, 6.07) is 6.07. The summed E-state index contributed by atoms with van der Waals surface area (Å²) in [5, 5.41) is 0. The van der Waals surface area contributed by atoms with E-state index in [1.54, 1.807) is 0 Å². The molecule has 0 unspecified atom stereocenters. The van der Waals surface area contributed by atoms with Gasteiger partial charge in [0.2, 0.25) is 5.69 Å². The second-order valence-corrected chi connectivity index (χ2v) is 3.91. The molecule has 1 aromatic heterocycles. The number of aryl methyl sites for hydroxylation is 1. The lowest BCUT2D eigenvalue weighted by molar-refractivity contribution is -0.697.